The molecule has 1 aromatic heterocycles. The van der Waals surface area contributed by atoms with Crippen LogP contribution < -0.4 is 5.73 Å². The van der Waals surface area contributed by atoms with E-state index in [1.165, 1.54) is 6.07 Å². The third-order valence-electron chi connectivity index (χ3n) is 9.04. The zero-order chi connectivity index (χ0) is 102. The van der Waals surface area contributed by atoms with Gasteiger partial charge in [-0.15, -0.1) is 12.8 Å². The number of nitrogen functional groups attached to an aromatic ring is 1. The molecule has 4 heteroatoms. The minimum absolute atomic E-state index is 0.329. The molecule has 0 aliphatic carbocycles. The van der Waals surface area contributed by atoms with Gasteiger partial charge in [0.25, 0.3) is 0 Å². The summed E-state index contributed by atoms with van der Waals surface area (Å²) in [4.78, 5) is 3.54. The molecule has 1 heterocycles. The lowest BCUT2D eigenvalue weighted by Gasteiger charge is -1.92. The van der Waals surface area contributed by atoms with Crippen LogP contribution in [0, 0.1) is 804 Å². The highest BCUT2D eigenvalue weighted by molar-refractivity contribution is 14.1. The summed E-state index contributed by atoms with van der Waals surface area (Å²) < 4.78 is 12.9. The average Bonchev–Trinajstić information content (AvgIpc) is 0.905. The number of anilines is 1. The largest absolute Gasteiger partial charge is 0.384 e. The van der Waals surface area contributed by atoms with Gasteiger partial charge in [0.2, 0.25) is 0 Å². The maximum absolute atomic E-state index is 12.4. The van der Waals surface area contributed by atoms with Crippen LogP contribution in [0.15, 0.2) is 12.3 Å². The monoisotopic (exact) mass is 1850 g/mol. The standard InChI is InChI=1S/C134H2.C5H4FIN2/c1-3-5-7-9-11-13-15-17-19-21-23-25-27-29-31-33-35-37-39-41-43-45-47-49-51-53-55-57-59-61-63-65-67-69-71-73-75-77-79-81-83-85-87-89-91-93-95-97-99-101-103-105-107-109-111-113-115-117-119-121-123-125-127-129-131-133-134-132-130-128-126-124-122-120-118-116-114-112-110-108-106-104-102-100-98-96-94-92-90-88-86-84-82-80-78-76-74-72-70-68-66-64-62-60-58-56-54-52-50-48-46-44-42-40-38-36-34-32-30-28-26-24-22-20-18-16-14-12-10-8-6-4-2;6-3-2-9-5(8)1-4(3)7/h1-2H;1-2H,(H2,8,9). The fourth-order valence-corrected chi connectivity index (χ4v) is 4.96. The molecule has 1 aromatic rings. The molecule has 0 fully saturated rings. The van der Waals surface area contributed by atoms with Crippen LogP contribution in [-0.4, -0.2) is 4.98 Å². The molecular formula is C139H6FIN2. The van der Waals surface area contributed by atoms with Crippen molar-refractivity contribution in [2.24, 2.45) is 0 Å². The first kappa shape index (κ1) is 113. The minimum Gasteiger partial charge on any atom is -0.384 e. The van der Waals surface area contributed by atoms with Crippen LogP contribution >= 0.6 is 22.6 Å². The van der Waals surface area contributed by atoms with E-state index in [4.69, 9.17) is 18.6 Å². The number of halogens is 2. The van der Waals surface area contributed by atoms with Crippen LogP contribution in [0.5, 0.6) is 0 Å². The van der Waals surface area contributed by atoms with Crippen molar-refractivity contribution in [1.29, 1.82) is 0 Å². The Balaban J connectivity index is 0.0000211. The molecule has 2 nitrogen and oxygen atoms in total. The van der Waals surface area contributed by atoms with Crippen molar-refractivity contribution < 1.29 is 4.39 Å². The third kappa shape index (κ3) is 104. The molecule has 0 atom stereocenters. The molecule has 1 rings (SSSR count). The first-order valence-corrected chi connectivity index (χ1v) is 36.7. The number of terminal acetylenes is 2. The van der Waals surface area contributed by atoms with Gasteiger partial charge in [0.15, 0.2) is 5.82 Å². The van der Waals surface area contributed by atoms with Gasteiger partial charge in [-0.2, -0.15) is 0 Å². The lowest BCUT2D eigenvalue weighted by molar-refractivity contribution is 0.614. The second kappa shape index (κ2) is 106. The van der Waals surface area contributed by atoms with Gasteiger partial charge in [0.05, 0.1) is 9.77 Å². The second-order valence-electron chi connectivity index (χ2n) is 18.1. The zero-order valence-corrected chi connectivity index (χ0v) is 73.7. The lowest BCUT2D eigenvalue weighted by Crippen LogP contribution is -1.91. The van der Waals surface area contributed by atoms with E-state index in [2.05, 4.69) is 786 Å². The molecule has 0 aliphatic heterocycles. The van der Waals surface area contributed by atoms with Crippen molar-refractivity contribution in [3.05, 3.63) is 21.7 Å². The van der Waals surface area contributed by atoms with Gasteiger partial charge in [0, 0.05) is 687 Å². The molecule has 2 N–H and O–H groups in total. The van der Waals surface area contributed by atoms with Crippen molar-refractivity contribution in [3.8, 4) is 794 Å². The summed E-state index contributed by atoms with van der Waals surface area (Å²) in [5.74, 6) is 328. The Morgan fingerprint density at radius 1 is 0.140 bits per heavy atom. The van der Waals surface area contributed by atoms with Gasteiger partial charge in [-0.25, -0.2) is 9.37 Å². The molecule has 143 heavy (non-hydrogen) atoms. The van der Waals surface area contributed by atoms with E-state index < -0.39 is 0 Å². The van der Waals surface area contributed by atoms with E-state index in [0.717, 1.165) is 6.20 Å². The molecule has 0 unspecified atom stereocenters. The highest BCUT2D eigenvalue weighted by atomic mass is 127. The van der Waals surface area contributed by atoms with E-state index in [1.807, 2.05) is 22.6 Å². The van der Waals surface area contributed by atoms with Gasteiger partial charge < -0.3 is 5.73 Å². The molecule has 0 aromatic carbocycles. The van der Waals surface area contributed by atoms with Gasteiger partial charge in [-0.3, -0.25) is 0 Å². The molecule has 0 aliphatic rings. The van der Waals surface area contributed by atoms with Gasteiger partial charge in [-0.1, -0.05) is 0 Å². The Bertz CT molecular complexity index is 9440. The molecule has 0 saturated heterocycles. The number of hydrogen-bond donors (Lipinski definition) is 1. The minimum atomic E-state index is -0.329. The van der Waals surface area contributed by atoms with Gasteiger partial charge in [0.1, 0.15) is 5.82 Å². The van der Waals surface area contributed by atoms with Gasteiger partial charge >= 0.3 is 0 Å². The first-order valence-electron chi connectivity index (χ1n) is 35.6. The van der Waals surface area contributed by atoms with E-state index in [0.29, 0.717) is 9.39 Å². The molecule has 0 radical (unpaired) electrons. The summed E-state index contributed by atoms with van der Waals surface area (Å²) >= 11 is 1.85. The van der Waals surface area contributed by atoms with E-state index in [-0.39, 0.29) is 5.82 Å². The smallest absolute Gasteiger partial charge is 0.154 e. The number of nitrogens with two attached hydrogens (primary N) is 1. The average molecular weight is 1850 g/mol. The first-order chi connectivity index (χ1) is 71.1. The molecule has 0 saturated carbocycles. The fraction of sp³-hybridized carbons (Fsp3) is 0. The molecule has 0 bridgehead atoms. The van der Waals surface area contributed by atoms with Crippen LogP contribution in [0.3, 0.4) is 0 Å². The second-order valence-corrected chi connectivity index (χ2v) is 19.2. The number of hydrogen-bond acceptors (Lipinski definition) is 2. The summed E-state index contributed by atoms with van der Waals surface area (Å²) in [5, 5.41) is 0. The summed E-state index contributed by atoms with van der Waals surface area (Å²) in [7, 11) is 0. The zero-order valence-electron chi connectivity index (χ0n) is 71.6. The van der Waals surface area contributed by atoms with Crippen molar-refractivity contribution >= 4 is 28.4 Å². The van der Waals surface area contributed by atoms with Crippen LogP contribution in [0.4, 0.5) is 10.2 Å². The quantitative estimate of drug-likeness (QED) is 0.319. The van der Waals surface area contributed by atoms with Crippen LogP contribution in [0.2, 0.25) is 0 Å². The molecular weight excluding hydrogens is 1840 g/mol. The normalized spacial score (nSPS) is 4.31. The van der Waals surface area contributed by atoms with Crippen molar-refractivity contribution in [2.45, 2.75) is 0 Å². The van der Waals surface area contributed by atoms with E-state index in [9.17, 15) is 4.39 Å². The number of aromatic nitrogens is 1. The highest BCUT2D eigenvalue weighted by Gasteiger charge is 1.97. The predicted molar refractivity (Wildman–Crippen MR) is 564 cm³/mol. The van der Waals surface area contributed by atoms with Crippen molar-refractivity contribution in [2.75, 3.05) is 5.73 Å². The number of rotatable bonds is 0. The molecule has 0 spiro atoms. The van der Waals surface area contributed by atoms with E-state index >= 15 is 0 Å². The number of pyridine rings is 1. The van der Waals surface area contributed by atoms with Crippen LogP contribution in [0.1, 0.15) is 0 Å². The number of nitrogens with zero attached hydrogens (tertiary/aromatic N) is 1. The molecule has 0 amide bonds. The summed E-state index contributed by atoms with van der Waals surface area (Å²) in [6.07, 6.45) is 11.0. The van der Waals surface area contributed by atoms with E-state index in [1.54, 1.807) is 0 Å². The van der Waals surface area contributed by atoms with Crippen LogP contribution in [-0.2, 0) is 0 Å². The molecule has 586 valence electrons. The van der Waals surface area contributed by atoms with Crippen molar-refractivity contribution in [1.82, 2.24) is 4.98 Å². The Hall–Kier alpha value is -29.9. The summed E-state index contributed by atoms with van der Waals surface area (Å²) in [6, 6.07) is 1.48. The Morgan fingerprint density at radius 3 is 0.252 bits per heavy atom. The maximum atomic E-state index is 12.4. The fourth-order valence-electron chi connectivity index (χ4n) is 4.50. The SMILES string of the molecule is C#CC#CC#CC#CC#CC#CC#CC#CC#CC#CC#CC#CC#CC#CC#CC#CC#CC#CC#CC#CC#CC#CC#CC#CC#CC#CC#CC#CC#CC#CC#CC#CC#CC#CC#CC#CC#CC#CC#CC#CC#CC#CC#CC#CC#CC#CC#CC#CC#CC#CC#CC#CC#CC#CC#CC#CC#CC#CC#CC#CC#CC#CC#CC#CC#CC#CC#C.Nc1cc(I)c(F)cn1. The summed E-state index contributed by atoms with van der Waals surface area (Å²) in [5.41, 5.74) is 5.24. The van der Waals surface area contributed by atoms with Crippen molar-refractivity contribution in [3.63, 3.8) is 0 Å². The summed E-state index contributed by atoms with van der Waals surface area (Å²) in [6.45, 7) is 0. The highest BCUT2D eigenvalue weighted by Crippen LogP contribution is 2.10. The Morgan fingerprint density at radius 2 is 0.203 bits per heavy atom. The van der Waals surface area contributed by atoms with Gasteiger partial charge in [-0.05, 0) is 123 Å². The topological polar surface area (TPSA) is 38.9 Å². The predicted octanol–water partition coefficient (Wildman–Crippen LogP) is 1.88. The van der Waals surface area contributed by atoms with Crippen LogP contribution in [0.25, 0.3) is 0 Å². The Kier molecular flexibility index (Phi) is 84.1. The third-order valence-corrected chi connectivity index (χ3v) is 9.86. The lowest BCUT2D eigenvalue weighted by atomic mass is 10.4. The Labute approximate surface area is 852 Å². The maximum Gasteiger partial charge on any atom is 0.154 e.